The summed E-state index contributed by atoms with van der Waals surface area (Å²) in [5, 5.41) is 8.35. The number of aromatic nitrogens is 2. The Kier molecular flexibility index (Phi) is 3.52. The zero-order valence-corrected chi connectivity index (χ0v) is 14.2. The molecule has 2 bridgehead atoms. The molecule has 4 aliphatic rings. The van der Waals surface area contributed by atoms with E-state index >= 15 is 0 Å². The second-order valence-electron chi connectivity index (χ2n) is 7.01. The van der Waals surface area contributed by atoms with Crippen molar-refractivity contribution in [2.75, 3.05) is 19.9 Å². The third kappa shape index (κ3) is 2.52. The molecule has 2 atom stereocenters. The van der Waals surface area contributed by atoms with Gasteiger partial charge in [0, 0.05) is 11.6 Å². The number of fused-ring (bicyclic) bond motifs is 4. The molecule has 6 nitrogen and oxygen atoms in total. The Morgan fingerprint density at radius 3 is 2.80 bits per heavy atom. The van der Waals surface area contributed by atoms with Gasteiger partial charge in [-0.3, -0.25) is 4.90 Å². The molecule has 0 amide bonds. The van der Waals surface area contributed by atoms with E-state index < -0.39 is 0 Å². The van der Waals surface area contributed by atoms with E-state index in [0.29, 0.717) is 17.8 Å². The summed E-state index contributed by atoms with van der Waals surface area (Å²) in [5.41, 5.74) is 1.94. The third-order valence-electron chi connectivity index (χ3n) is 5.71. The molecular formula is C19H21N3O3. The fourth-order valence-electron chi connectivity index (χ4n) is 4.27. The van der Waals surface area contributed by atoms with Gasteiger partial charge in [-0.2, -0.15) is 5.10 Å². The van der Waals surface area contributed by atoms with Crippen LogP contribution < -0.4 is 14.2 Å². The van der Waals surface area contributed by atoms with E-state index in [1.807, 2.05) is 24.3 Å². The summed E-state index contributed by atoms with van der Waals surface area (Å²) in [7, 11) is 0. The van der Waals surface area contributed by atoms with E-state index in [1.165, 1.54) is 25.9 Å². The van der Waals surface area contributed by atoms with Crippen molar-refractivity contribution in [2.24, 2.45) is 5.92 Å². The summed E-state index contributed by atoms with van der Waals surface area (Å²) in [6.07, 6.45) is 4.28. The highest BCUT2D eigenvalue weighted by Crippen LogP contribution is 2.40. The molecule has 1 aromatic heterocycles. The van der Waals surface area contributed by atoms with Crippen molar-refractivity contribution in [3.8, 4) is 28.5 Å². The van der Waals surface area contributed by atoms with Crippen LogP contribution in [-0.4, -0.2) is 47.1 Å². The van der Waals surface area contributed by atoms with Crippen molar-refractivity contribution < 1.29 is 14.2 Å². The fourth-order valence-corrected chi connectivity index (χ4v) is 4.27. The quantitative estimate of drug-likeness (QED) is 0.857. The molecule has 25 heavy (non-hydrogen) atoms. The van der Waals surface area contributed by atoms with Crippen molar-refractivity contribution in [1.82, 2.24) is 15.1 Å². The first kappa shape index (κ1) is 15.0. The van der Waals surface area contributed by atoms with E-state index in [-0.39, 0.29) is 12.9 Å². The Morgan fingerprint density at radius 1 is 1.12 bits per heavy atom. The van der Waals surface area contributed by atoms with Crippen molar-refractivity contribution in [2.45, 2.75) is 31.9 Å². The van der Waals surface area contributed by atoms with Crippen molar-refractivity contribution in [3.63, 3.8) is 0 Å². The van der Waals surface area contributed by atoms with Gasteiger partial charge in [-0.15, -0.1) is 5.10 Å². The molecule has 0 N–H and O–H groups in total. The lowest BCUT2D eigenvalue weighted by Crippen LogP contribution is -2.58. The van der Waals surface area contributed by atoms with Crippen LogP contribution in [0, 0.1) is 5.92 Å². The highest BCUT2D eigenvalue weighted by Gasteiger charge is 2.41. The second-order valence-corrected chi connectivity index (χ2v) is 7.01. The number of hydrogen-bond acceptors (Lipinski definition) is 6. The maximum Gasteiger partial charge on any atom is 0.241 e. The first-order chi connectivity index (χ1) is 12.3. The predicted molar refractivity (Wildman–Crippen MR) is 91.8 cm³/mol. The van der Waals surface area contributed by atoms with Crippen LogP contribution in [0.2, 0.25) is 0 Å². The maximum atomic E-state index is 6.42. The van der Waals surface area contributed by atoms with Crippen LogP contribution in [-0.2, 0) is 0 Å². The van der Waals surface area contributed by atoms with Crippen LogP contribution in [0.15, 0.2) is 30.5 Å². The largest absolute Gasteiger partial charge is 0.471 e. The summed E-state index contributed by atoms with van der Waals surface area (Å²) < 4.78 is 17.3. The molecule has 5 heterocycles. The van der Waals surface area contributed by atoms with E-state index in [0.717, 1.165) is 22.6 Å². The molecule has 3 saturated heterocycles. The van der Waals surface area contributed by atoms with Crippen molar-refractivity contribution in [1.29, 1.82) is 0 Å². The Morgan fingerprint density at radius 2 is 1.96 bits per heavy atom. The Bertz CT molecular complexity index is 787. The van der Waals surface area contributed by atoms with Gasteiger partial charge in [0.25, 0.3) is 0 Å². The SMILES string of the molecule is CC1C(Oc2nnccc2-c2ccc3c(c2)OCO3)C2CCN1CC2. The van der Waals surface area contributed by atoms with Crippen molar-refractivity contribution in [3.05, 3.63) is 30.5 Å². The summed E-state index contributed by atoms with van der Waals surface area (Å²) in [5.74, 6) is 2.74. The molecule has 1 aromatic carbocycles. The number of ether oxygens (including phenoxy) is 3. The number of rotatable bonds is 3. The fraction of sp³-hybridized carbons (Fsp3) is 0.474. The lowest BCUT2D eigenvalue weighted by atomic mass is 9.81. The van der Waals surface area contributed by atoms with Crippen molar-refractivity contribution >= 4 is 0 Å². The first-order valence-electron chi connectivity index (χ1n) is 8.92. The normalized spacial score (nSPS) is 29.6. The van der Waals surface area contributed by atoms with Crippen LogP contribution in [0.3, 0.4) is 0 Å². The molecule has 2 unspecified atom stereocenters. The maximum absolute atomic E-state index is 6.42. The minimum Gasteiger partial charge on any atom is -0.471 e. The van der Waals surface area contributed by atoms with Gasteiger partial charge >= 0.3 is 0 Å². The minimum absolute atomic E-state index is 0.173. The van der Waals surface area contributed by atoms with Crippen LogP contribution >= 0.6 is 0 Å². The summed E-state index contributed by atoms with van der Waals surface area (Å²) >= 11 is 0. The average Bonchev–Trinajstić information content (AvgIpc) is 3.13. The third-order valence-corrected chi connectivity index (χ3v) is 5.71. The molecule has 0 saturated carbocycles. The monoisotopic (exact) mass is 339 g/mol. The standard InChI is InChI=1S/C19H21N3O3/c1-12-18(13-5-8-22(12)9-6-13)25-19-15(4-7-20-21-19)14-2-3-16-17(10-14)24-11-23-16/h2-4,7,10,12-13,18H,5-6,8-9,11H2,1H3. The van der Waals surface area contributed by atoms with Gasteiger partial charge in [-0.05, 0) is 62.5 Å². The van der Waals surface area contributed by atoms with Gasteiger partial charge in [0.05, 0.1) is 6.20 Å². The van der Waals surface area contributed by atoms with Gasteiger partial charge in [-0.1, -0.05) is 6.07 Å². The van der Waals surface area contributed by atoms with E-state index in [4.69, 9.17) is 14.2 Å². The zero-order valence-electron chi connectivity index (χ0n) is 14.2. The predicted octanol–water partition coefficient (Wildman–Crippen LogP) is 2.73. The molecule has 130 valence electrons. The Hall–Kier alpha value is -2.34. The molecule has 6 rings (SSSR count). The number of nitrogens with zero attached hydrogens (tertiary/aromatic N) is 3. The van der Waals surface area contributed by atoms with Crippen LogP contribution in [0.1, 0.15) is 19.8 Å². The summed E-state index contributed by atoms with van der Waals surface area (Å²) in [4.78, 5) is 2.52. The highest BCUT2D eigenvalue weighted by molar-refractivity contribution is 5.71. The van der Waals surface area contributed by atoms with Gasteiger partial charge < -0.3 is 14.2 Å². The smallest absolute Gasteiger partial charge is 0.241 e. The van der Waals surface area contributed by atoms with Gasteiger partial charge in [-0.25, -0.2) is 0 Å². The summed E-state index contributed by atoms with van der Waals surface area (Å²) in [6.45, 7) is 4.89. The Labute approximate surface area is 146 Å². The lowest BCUT2D eigenvalue weighted by molar-refractivity contribution is -0.0526. The zero-order chi connectivity index (χ0) is 16.8. The lowest BCUT2D eigenvalue weighted by Gasteiger charge is -2.49. The molecule has 4 aliphatic heterocycles. The topological polar surface area (TPSA) is 56.7 Å². The van der Waals surface area contributed by atoms with Gasteiger partial charge in [0.15, 0.2) is 11.5 Å². The van der Waals surface area contributed by atoms with Gasteiger partial charge in [0.1, 0.15) is 6.10 Å². The van der Waals surface area contributed by atoms with E-state index in [1.54, 1.807) is 6.20 Å². The molecule has 0 spiro atoms. The van der Waals surface area contributed by atoms with E-state index in [2.05, 4.69) is 22.0 Å². The molecule has 0 aliphatic carbocycles. The van der Waals surface area contributed by atoms with Gasteiger partial charge in [0.2, 0.25) is 12.7 Å². The van der Waals surface area contributed by atoms with Crippen LogP contribution in [0.4, 0.5) is 0 Å². The Balaban J connectivity index is 1.47. The molecule has 2 aromatic rings. The molecule has 3 fully saturated rings. The number of piperidine rings is 3. The molecular weight excluding hydrogens is 318 g/mol. The second kappa shape index (κ2) is 5.88. The van der Waals surface area contributed by atoms with Crippen LogP contribution in [0.5, 0.6) is 17.4 Å². The average molecular weight is 339 g/mol. The minimum atomic E-state index is 0.173. The molecule has 0 radical (unpaired) electrons. The first-order valence-corrected chi connectivity index (χ1v) is 8.92. The number of benzene rings is 1. The molecule has 6 heteroatoms. The highest BCUT2D eigenvalue weighted by atomic mass is 16.7. The summed E-state index contributed by atoms with van der Waals surface area (Å²) in [6, 6.07) is 8.29. The number of hydrogen-bond donors (Lipinski definition) is 0. The van der Waals surface area contributed by atoms with Crippen LogP contribution in [0.25, 0.3) is 11.1 Å². The van der Waals surface area contributed by atoms with E-state index in [9.17, 15) is 0 Å².